The van der Waals surface area contributed by atoms with E-state index in [-0.39, 0.29) is 6.07 Å². The van der Waals surface area contributed by atoms with Crippen molar-refractivity contribution in [3.8, 4) is 0 Å². The second-order valence-corrected chi connectivity index (χ2v) is 7.80. The Morgan fingerprint density at radius 3 is 1.39 bits per heavy atom. The molecule has 0 bridgehead atoms. The third-order valence-corrected chi connectivity index (χ3v) is 5.57. The molecule has 0 amide bonds. The number of nitrogen functional groups attached to an aromatic ring is 2. The van der Waals surface area contributed by atoms with Gasteiger partial charge in [0.15, 0.2) is 0 Å². The zero-order valence-corrected chi connectivity index (χ0v) is 17.0. The molecule has 6 N–H and O–H groups in total. The molecule has 0 unspecified atom stereocenters. The predicted molar refractivity (Wildman–Crippen MR) is 102 cm³/mol. The van der Waals surface area contributed by atoms with Gasteiger partial charge in [-0.1, -0.05) is 6.07 Å². The smallest absolute Gasteiger partial charge is 0.398 e. The Bertz CT molecular complexity index is 1310. The highest BCUT2D eigenvalue weighted by Crippen LogP contribution is 2.55. The molecule has 3 rings (SSSR count). The molecule has 16 heteroatoms. The number of hydrogen-bond donors (Lipinski definition) is 4. The molecule has 36 heavy (non-hydrogen) atoms. The lowest BCUT2D eigenvalue weighted by Gasteiger charge is -2.34. The molecule has 0 heterocycles. The molecule has 0 fully saturated rings. The molecule has 4 nitrogen and oxygen atoms in total. The zero-order valence-electron chi connectivity index (χ0n) is 17.0. The molecule has 3 aromatic rings. The van der Waals surface area contributed by atoms with Gasteiger partial charge in [-0.2, -0.15) is 52.7 Å². The Morgan fingerprint density at radius 1 is 0.500 bits per heavy atom. The van der Waals surface area contributed by atoms with Crippen molar-refractivity contribution in [3.05, 3.63) is 47.5 Å². The Kier molecular flexibility index (Phi) is 5.85. The number of rotatable bonds is 2. The standard InChI is InChI=1S/C20H12F12N2O2/c21-17(22,23)15(35,18(24,25)26)11-5-8-3-7-1-2-12(33)14(10(7)4-9(8)6-13(11)34)16(36,19(27,28)29)20(30,31)32/h1-6,35-36H,33-34H2. The van der Waals surface area contributed by atoms with Gasteiger partial charge in [-0.05, 0) is 51.9 Å². The molecule has 198 valence electrons. The Hall–Kier alpha value is -3.14. The maximum Gasteiger partial charge on any atom is 0.430 e. The SMILES string of the molecule is Nc1cc2cc3c(C(O)(C(F)(F)F)C(F)(F)F)c(N)ccc3cc2cc1C(O)(C(F)(F)F)C(F)(F)F. The van der Waals surface area contributed by atoms with Crippen LogP contribution in [-0.2, 0) is 11.2 Å². The molecule has 0 aliphatic rings. The second kappa shape index (κ2) is 7.68. The summed E-state index contributed by atoms with van der Waals surface area (Å²) in [5, 5.41) is 16.9. The number of aliphatic hydroxyl groups is 2. The van der Waals surface area contributed by atoms with E-state index in [4.69, 9.17) is 11.5 Å². The topological polar surface area (TPSA) is 92.5 Å². The largest absolute Gasteiger partial charge is 0.430 e. The summed E-state index contributed by atoms with van der Waals surface area (Å²) in [7, 11) is 0. The molecule has 0 radical (unpaired) electrons. The van der Waals surface area contributed by atoms with Gasteiger partial charge in [0.2, 0.25) is 0 Å². The summed E-state index contributed by atoms with van der Waals surface area (Å²) in [6, 6.07) is 3.08. The highest BCUT2D eigenvalue weighted by Gasteiger charge is 2.73. The first-order valence-electron chi connectivity index (χ1n) is 9.26. The first-order valence-corrected chi connectivity index (χ1v) is 9.26. The minimum absolute atomic E-state index is 0.154. The number of alkyl halides is 12. The van der Waals surface area contributed by atoms with Crippen LogP contribution in [0.5, 0.6) is 0 Å². The summed E-state index contributed by atoms with van der Waals surface area (Å²) >= 11 is 0. The lowest BCUT2D eigenvalue weighted by atomic mass is 9.84. The van der Waals surface area contributed by atoms with Gasteiger partial charge in [0.25, 0.3) is 11.2 Å². The van der Waals surface area contributed by atoms with E-state index < -0.39 is 80.0 Å². The molecule has 0 spiro atoms. The van der Waals surface area contributed by atoms with Crippen molar-refractivity contribution >= 4 is 32.9 Å². The fraction of sp³-hybridized carbons (Fsp3) is 0.300. The van der Waals surface area contributed by atoms with E-state index in [1.807, 2.05) is 0 Å². The van der Waals surface area contributed by atoms with Gasteiger partial charge in [0.05, 0.1) is 0 Å². The van der Waals surface area contributed by atoms with E-state index in [2.05, 4.69) is 0 Å². The van der Waals surface area contributed by atoms with Gasteiger partial charge < -0.3 is 21.7 Å². The monoisotopic (exact) mass is 540 g/mol. The van der Waals surface area contributed by atoms with Gasteiger partial charge in [0, 0.05) is 22.5 Å². The van der Waals surface area contributed by atoms with Crippen molar-refractivity contribution in [2.24, 2.45) is 0 Å². The third kappa shape index (κ3) is 3.73. The summed E-state index contributed by atoms with van der Waals surface area (Å²) in [5.41, 5.74) is -6.50. The number of fused-ring (bicyclic) bond motifs is 2. The van der Waals surface area contributed by atoms with Gasteiger partial charge in [0.1, 0.15) is 0 Å². The van der Waals surface area contributed by atoms with Crippen LogP contribution < -0.4 is 11.5 Å². The zero-order chi connectivity index (χ0) is 27.9. The van der Waals surface area contributed by atoms with Gasteiger partial charge in [-0.3, -0.25) is 0 Å². The molecule has 0 atom stereocenters. The molecule has 0 aromatic heterocycles. The number of nitrogens with two attached hydrogens (primary N) is 2. The van der Waals surface area contributed by atoms with E-state index in [9.17, 15) is 62.9 Å². The normalized spacial score (nSPS) is 14.6. The molecule has 3 aromatic carbocycles. The third-order valence-electron chi connectivity index (χ3n) is 5.57. The van der Waals surface area contributed by atoms with Crippen LogP contribution in [0, 0.1) is 0 Å². The van der Waals surface area contributed by atoms with E-state index in [1.54, 1.807) is 0 Å². The van der Waals surface area contributed by atoms with E-state index in [0.717, 1.165) is 6.07 Å². The van der Waals surface area contributed by atoms with Crippen LogP contribution in [0.4, 0.5) is 64.1 Å². The highest BCUT2D eigenvalue weighted by atomic mass is 19.4. The van der Waals surface area contributed by atoms with Crippen molar-refractivity contribution in [2.45, 2.75) is 35.9 Å². The lowest BCUT2D eigenvalue weighted by Crippen LogP contribution is -2.54. The maximum atomic E-state index is 13.5. The van der Waals surface area contributed by atoms with Crippen LogP contribution in [0.1, 0.15) is 11.1 Å². The van der Waals surface area contributed by atoms with Crippen molar-refractivity contribution < 1.29 is 62.9 Å². The first-order chi connectivity index (χ1) is 16.0. The number of anilines is 2. The molecule has 0 aliphatic carbocycles. The van der Waals surface area contributed by atoms with E-state index >= 15 is 0 Å². The Morgan fingerprint density at radius 2 is 0.944 bits per heavy atom. The molecule has 0 saturated carbocycles. The average molecular weight is 540 g/mol. The summed E-state index contributed by atoms with van der Waals surface area (Å²) in [6.45, 7) is 0. The summed E-state index contributed by atoms with van der Waals surface area (Å²) in [4.78, 5) is 0. The highest BCUT2D eigenvalue weighted by molar-refractivity contribution is 6.03. The fourth-order valence-electron chi connectivity index (χ4n) is 3.79. The summed E-state index contributed by atoms with van der Waals surface area (Å²) in [6.07, 6.45) is -25.3. The van der Waals surface area contributed by atoms with Crippen molar-refractivity contribution in [1.29, 1.82) is 0 Å². The van der Waals surface area contributed by atoms with Crippen LogP contribution in [0.2, 0.25) is 0 Å². The average Bonchev–Trinajstić information content (AvgIpc) is 2.67. The molecular weight excluding hydrogens is 528 g/mol. The van der Waals surface area contributed by atoms with E-state index in [0.29, 0.717) is 24.3 Å². The fourth-order valence-corrected chi connectivity index (χ4v) is 3.79. The number of halogens is 12. The van der Waals surface area contributed by atoms with Gasteiger partial charge in [-0.15, -0.1) is 0 Å². The number of hydrogen-bond acceptors (Lipinski definition) is 4. The van der Waals surface area contributed by atoms with Crippen LogP contribution in [0.15, 0.2) is 36.4 Å². The second-order valence-electron chi connectivity index (χ2n) is 7.80. The maximum absolute atomic E-state index is 13.5. The minimum Gasteiger partial charge on any atom is -0.398 e. The Balaban J connectivity index is 2.46. The van der Waals surface area contributed by atoms with Crippen molar-refractivity contribution in [1.82, 2.24) is 0 Å². The van der Waals surface area contributed by atoms with E-state index in [1.165, 1.54) is 0 Å². The van der Waals surface area contributed by atoms with Crippen molar-refractivity contribution in [2.75, 3.05) is 11.5 Å². The first kappa shape index (κ1) is 27.4. The van der Waals surface area contributed by atoms with Gasteiger partial charge in [-0.25, -0.2) is 0 Å². The minimum atomic E-state index is -6.35. The predicted octanol–water partition coefficient (Wildman–Crippen LogP) is 5.78. The molecule has 0 aliphatic heterocycles. The summed E-state index contributed by atoms with van der Waals surface area (Å²) in [5.74, 6) is 0. The van der Waals surface area contributed by atoms with Crippen LogP contribution in [-0.4, -0.2) is 34.9 Å². The molecular formula is C20H12F12N2O2. The lowest BCUT2D eigenvalue weighted by molar-refractivity contribution is -0.376. The molecule has 0 saturated heterocycles. The van der Waals surface area contributed by atoms with Crippen molar-refractivity contribution in [3.63, 3.8) is 0 Å². The number of benzene rings is 3. The Labute approximate surface area is 191 Å². The van der Waals surface area contributed by atoms with Crippen LogP contribution in [0.25, 0.3) is 21.5 Å². The van der Waals surface area contributed by atoms with Gasteiger partial charge >= 0.3 is 24.7 Å². The summed E-state index contributed by atoms with van der Waals surface area (Å²) < 4.78 is 161. The van der Waals surface area contributed by atoms with Crippen LogP contribution >= 0.6 is 0 Å². The quantitative estimate of drug-likeness (QED) is 0.188. The van der Waals surface area contributed by atoms with Crippen LogP contribution in [0.3, 0.4) is 0 Å².